The van der Waals surface area contributed by atoms with Gasteiger partial charge in [-0.1, -0.05) is 44.7 Å². The van der Waals surface area contributed by atoms with Crippen LogP contribution >= 0.6 is 23.2 Å². The first-order chi connectivity index (χ1) is 21.8. The molecule has 0 aliphatic carbocycles. The summed E-state index contributed by atoms with van der Waals surface area (Å²) in [5, 5.41) is 0. The predicted molar refractivity (Wildman–Crippen MR) is 200 cm³/mol. The second-order valence-corrected chi connectivity index (χ2v) is 25.0. The van der Waals surface area contributed by atoms with Crippen LogP contribution in [0.1, 0.15) is 93.9 Å². The minimum atomic E-state index is -4.17. The lowest BCUT2D eigenvalue weighted by molar-refractivity contribution is 0.0293. The summed E-state index contributed by atoms with van der Waals surface area (Å²) in [6.45, 7) is 12.9. The molecule has 0 amide bonds. The molecule has 0 aromatic rings. The molecule has 6 unspecified atom stereocenters. The summed E-state index contributed by atoms with van der Waals surface area (Å²) < 4.78 is 107. The van der Waals surface area contributed by atoms with Gasteiger partial charge in [0, 0.05) is 38.5 Å². The maximum Gasteiger partial charge on any atom is 0.403 e. The summed E-state index contributed by atoms with van der Waals surface area (Å²) in [6, 6.07) is 0. The maximum atomic E-state index is 13.1. The van der Waals surface area contributed by atoms with Gasteiger partial charge in [0.2, 0.25) is 0 Å². The molecule has 0 spiro atoms. The lowest BCUT2D eigenvalue weighted by atomic mass is 10.1. The number of nitrogens with two attached hydrogens (primary N) is 3. The van der Waals surface area contributed by atoms with Gasteiger partial charge in [-0.25, -0.2) is 30.2 Å². The molecule has 0 aliphatic heterocycles. The fourth-order valence-electron chi connectivity index (χ4n) is 4.21. The van der Waals surface area contributed by atoms with E-state index in [0.29, 0.717) is 35.9 Å². The summed E-state index contributed by atoms with van der Waals surface area (Å²) in [7, 11) is -12.4. The van der Waals surface area contributed by atoms with E-state index in [1.807, 2.05) is 0 Å². The Balaban J connectivity index is 4.50. The highest BCUT2D eigenvalue weighted by Crippen LogP contribution is 2.49. The van der Waals surface area contributed by atoms with E-state index in [9.17, 15) is 41.7 Å². The van der Waals surface area contributed by atoms with Crippen molar-refractivity contribution in [3.05, 3.63) is 0 Å². The minimum absolute atomic E-state index is 0.222. The summed E-state index contributed by atoms with van der Waals surface area (Å²) in [5.41, 5.74) is 11.9. The minimum Gasteiger partial charge on any atom is -0.616 e. The van der Waals surface area contributed by atoms with Crippen molar-refractivity contribution in [3.8, 4) is 0 Å². The van der Waals surface area contributed by atoms with Gasteiger partial charge in [0.25, 0.3) is 0 Å². The van der Waals surface area contributed by atoms with Crippen molar-refractivity contribution in [2.75, 3.05) is 46.0 Å². The van der Waals surface area contributed by atoms with E-state index in [4.69, 9.17) is 34.6 Å². The fourth-order valence-corrected chi connectivity index (χ4v) is 13.3. The van der Waals surface area contributed by atoms with E-state index in [2.05, 4.69) is 0 Å². The molecule has 6 atom stereocenters. The quantitative estimate of drug-likeness (QED) is 0.0554. The molecule has 0 saturated carbocycles. The largest absolute Gasteiger partial charge is 0.616 e. The van der Waals surface area contributed by atoms with Gasteiger partial charge in [-0.05, 0) is 55.4 Å². The van der Waals surface area contributed by atoms with Crippen molar-refractivity contribution in [2.24, 2.45) is 16.5 Å². The van der Waals surface area contributed by atoms with Crippen molar-refractivity contribution in [1.82, 2.24) is 0 Å². The second kappa shape index (κ2) is 21.6. The van der Waals surface area contributed by atoms with Crippen LogP contribution in [0.4, 0.5) is 0 Å². The first-order valence-corrected chi connectivity index (χ1v) is 26.5. The third-order valence-corrected chi connectivity index (χ3v) is 15.3. The van der Waals surface area contributed by atoms with Gasteiger partial charge < -0.3 is 28.0 Å². The lowest BCUT2D eigenvalue weighted by Gasteiger charge is -2.33. The second-order valence-electron chi connectivity index (χ2n) is 14.2. The molecule has 0 aromatic carbocycles. The highest BCUT2D eigenvalue weighted by molar-refractivity contribution is 7.92. The standard InChI is InChI=1S/C26H60N3O13P3S4/c1-23(2,39-43(27,30)31)11-19-46(35)15-9-17-48(37)21-13-25(5,6)41-45(29,34)42-26(7,8)14-22-49(38)18-10-16-47(36)20-12-24(3,4)40-44(28,32)33/h9-22H2,1-8H3,(H2,29,34)(H3,27,30,31)(H3,28,32,33). The Kier molecular flexibility index (Phi) is 22.3. The smallest absolute Gasteiger partial charge is 0.403 e. The third kappa shape index (κ3) is 29.6. The molecule has 0 fully saturated rings. The topological polar surface area (TPSA) is 299 Å². The first kappa shape index (κ1) is 50.6. The highest BCUT2D eigenvalue weighted by atomic mass is 32.2. The van der Waals surface area contributed by atoms with E-state index in [-0.39, 0.29) is 48.7 Å². The zero-order chi connectivity index (χ0) is 38.5. The van der Waals surface area contributed by atoms with Crippen LogP contribution in [0.15, 0.2) is 0 Å². The van der Waals surface area contributed by atoms with Gasteiger partial charge in [0.1, 0.15) is 46.0 Å². The van der Waals surface area contributed by atoms with Crippen LogP contribution in [0.5, 0.6) is 0 Å². The van der Waals surface area contributed by atoms with Crippen LogP contribution in [0.2, 0.25) is 0 Å². The highest BCUT2D eigenvalue weighted by Gasteiger charge is 2.37. The first-order valence-electron chi connectivity index (χ1n) is 15.7. The molecule has 16 nitrogen and oxygen atoms in total. The Morgan fingerprint density at radius 3 is 0.878 bits per heavy atom. The summed E-state index contributed by atoms with van der Waals surface area (Å²) in [6.07, 6.45) is 1.88. The molecule has 23 heteroatoms. The molecular formula is C26H60N3O13P3S4. The Morgan fingerprint density at radius 1 is 0.469 bits per heavy atom. The van der Waals surface area contributed by atoms with Crippen LogP contribution in [0.25, 0.3) is 0 Å². The van der Waals surface area contributed by atoms with E-state index in [1.54, 1.807) is 55.4 Å². The van der Waals surface area contributed by atoms with Crippen LogP contribution in [-0.2, 0) is 76.5 Å². The average molecular weight is 844 g/mol. The van der Waals surface area contributed by atoms with Gasteiger partial charge >= 0.3 is 23.2 Å². The van der Waals surface area contributed by atoms with Crippen LogP contribution in [-0.4, -0.2) is 96.4 Å². The fraction of sp³-hybridized carbons (Fsp3) is 1.00. The monoisotopic (exact) mass is 843 g/mol. The van der Waals surface area contributed by atoms with E-state index in [1.165, 1.54) is 0 Å². The lowest BCUT2D eigenvalue weighted by Crippen LogP contribution is -2.33. The Bertz CT molecular complexity index is 1040. The normalized spacial score (nSPS) is 19.8. The van der Waals surface area contributed by atoms with Crippen molar-refractivity contribution in [1.29, 1.82) is 0 Å². The number of hydrogen-bond acceptors (Lipinski definition) is 11. The summed E-state index contributed by atoms with van der Waals surface area (Å²) >= 11 is -5.02. The van der Waals surface area contributed by atoms with E-state index < -0.39 is 90.3 Å². The van der Waals surface area contributed by atoms with Gasteiger partial charge in [0.15, 0.2) is 0 Å². The van der Waals surface area contributed by atoms with Crippen LogP contribution in [0.3, 0.4) is 0 Å². The predicted octanol–water partition coefficient (Wildman–Crippen LogP) is 3.69. The van der Waals surface area contributed by atoms with Gasteiger partial charge in [-0.3, -0.25) is 18.1 Å². The molecule has 8 N–H and O–H groups in total. The Morgan fingerprint density at radius 2 is 0.673 bits per heavy atom. The zero-order valence-corrected chi connectivity index (χ0v) is 35.9. The van der Waals surface area contributed by atoms with Crippen molar-refractivity contribution in [2.45, 2.75) is 116 Å². The molecule has 0 heterocycles. The van der Waals surface area contributed by atoms with Crippen molar-refractivity contribution in [3.63, 3.8) is 0 Å². The van der Waals surface area contributed by atoms with Gasteiger partial charge in [0.05, 0.1) is 22.4 Å². The molecule has 49 heavy (non-hydrogen) atoms. The average Bonchev–Trinajstić information content (AvgIpc) is 2.85. The Hall–Kier alpha value is 1.57. The van der Waals surface area contributed by atoms with Crippen molar-refractivity contribution < 1.29 is 59.8 Å². The zero-order valence-electron chi connectivity index (χ0n) is 30.0. The molecule has 0 aliphatic rings. The summed E-state index contributed by atoms with van der Waals surface area (Å²) in [4.78, 5) is 18.4. The number of hydrogen-bond donors (Lipinski definition) is 5. The molecule has 0 radical (unpaired) electrons. The molecule has 0 rings (SSSR count). The van der Waals surface area contributed by atoms with Gasteiger partial charge in [-0.15, -0.1) is 0 Å². The van der Waals surface area contributed by atoms with Crippen LogP contribution < -0.4 is 16.5 Å². The third-order valence-electron chi connectivity index (χ3n) is 6.72. The molecule has 296 valence electrons. The molecule has 0 bridgehead atoms. The number of rotatable bonds is 28. The summed E-state index contributed by atoms with van der Waals surface area (Å²) in [5.74, 6) is 2.09. The van der Waals surface area contributed by atoms with Crippen LogP contribution in [0, 0.1) is 0 Å². The SMILES string of the molecule is CC(C)(CC[S+]([O-])CCC[S+]([O-])CCC(C)(C)OP(N)(=O)OC(C)(C)CC[S+]([O-])CCC[S+]([O-])CCC(C)(C)OP(N)(=O)O)OP(N)(=O)O. The Labute approximate surface area is 305 Å². The molecule has 0 aromatic heterocycles. The van der Waals surface area contributed by atoms with Gasteiger partial charge in [-0.2, -0.15) is 0 Å². The maximum absolute atomic E-state index is 13.1. The molecular weight excluding hydrogens is 783 g/mol. The van der Waals surface area contributed by atoms with E-state index in [0.717, 1.165) is 0 Å². The molecule has 0 saturated heterocycles. The van der Waals surface area contributed by atoms with E-state index >= 15 is 0 Å². The van der Waals surface area contributed by atoms with Crippen molar-refractivity contribution >= 4 is 67.9 Å².